The summed E-state index contributed by atoms with van der Waals surface area (Å²) in [6.45, 7) is 0.503. The average Bonchev–Trinajstić information content (AvgIpc) is 2.57. The fraction of sp³-hybridized carbons (Fsp3) is 0.333. The van der Waals surface area contributed by atoms with Crippen molar-refractivity contribution >= 4 is 10.9 Å². The third-order valence-electron chi connectivity index (χ3n) is 2.77. The van der Waals surface area contributed by atoms with Gasteiger partial charge in [-0.1, -0.05) is 18.2 Å². The molecule has 0 saturated heterocycles. The Morgan fingerprint density at radius 1 is 1.40 bits per heavy atom. The number of fused-ring (bicyclic) bond motifs is 1. The van der Waals surface area contributed by atoms with Crippen molar-refractivity contribution < 1.29 is 5.11 Å². The van der Waals surface area contributed by atoms with Gasteiger partial charge in [0.1, 0.15) is 0 Å². The van der Waals surface area contributed by atoms with E-state index in [1.807, 2.05) is 41.9 Å². The molecule has 0 spiro atoms. The summed E-state index contributed by atoms with van der Waals surface area (Å²) in [6.07, 6.45) is 0.136. The van der Waals surface area contributed by atoms with Crippen molar-refractivity contribution in [2.75, 3.05) is 6.54 Å². The van der Waals surface area contributed by atoms with Crippen molar-refractivity contribution in [2.45, 2.75) is 12.5 Å². The number of nitrogens with two attached hydrogens (primary N) is 1. The third-order valence-corrected chi connectivity index (χ3v) is 2.77. The fourth-order valence-corrected chi connectivity index (χ4v) is 1.94. The number of nitrogens with zero attached hydrogens (tertiary/aromatic N) is 1. The molecule has 3 heteroatoms. The molecule has 0 fully saturated rings. The molecule has 1 aromatic carbocycles. The summed E-state index contributed by atoms with van der Waals surface area (Å²) >= 11 is 0. The molecule has 1 atom stereocenters. The summed E-state index contributed by atoms with van der Waals surface area (Å²) in [6, 6.07) is 10.1. The highest BCUT2D eigenvalue weighted by Crippen LogP contribution is 2.24. The van der Waals surface area contributed by atoms with E-state index in [9.17, 15) is 5.11 Å². The van der Waals surface area contributed by atoms with Crippen LogP contribution in [-0.4, -0.2) is 16.2 Å². The van der Waals surface area contributed by atoms with Gasteiger partial charge in [-0.05, 0) is 30.5 Å². The van der Waals surface area contributed by atoms with Gasteiger partial charge >= 0.3 is 0 Å². The zero-order chi connectivity index (χ0) is 10.8. The summed E-state index contributed by atoms with van der Waals surface area (Å²) in [5.41, 5.74) is 7.52. The van der Waals surface area contributed by atoms with Gasteiger partial charge in [0.05, 0.1) is 6.10 Å². The molecule has 3 N–H and O–H groups in total. The minimum Gasteiger partial charge on any atom is -0.387 e. The lowest BCUT2D eigenvalue weighted by molar-refractivity contribution is 0.162. The van der Waals surface area contributed by atoms with Crippen LogP contribution in [0.2, 0.25) is 0 Å². The number of benzene rings is 1. The van der Waals surface area contributed by atoms with Gasteiger partial charge < -0.3 is 15.4 Å². The topological polar surface area (TPSA) is 51.2 Å². The van der Waals surface area contributed by atoms with Gasteiger partial charge in [0.2, 0.25) is 0 Å². The molecule has 80 valence electrons. The van der Waals surface area contributed by atoms with Crippen molar-refractivity contribution in [1.29, 1.82) is 0 Å². The van der Waals surface area contributed by atoms with E-state index in [-0.39, 0.29) is 0 Å². The van der Waals surface area contributed by atoms with E-state index in [2.05, 4.69) is 0 Å². The van der Waals surface area contributed by atoms with Gasteiger partial charge in [0.25, 0.3) is 0 Å². The van der Waals surface area contributed by atoms with Crippen molar-refractivity contribution in [3.8, 4) is 0 Å². The maximum absolute atomic E-state index is 9.90. The van der Waals surface area contributed by atoms with E-state index < -0.39 is 6.10 Å². The van der Waals surface area contributed by atoms with E-state index in [1.54, 1.807) is 0 Å². The molecular weight excluding hydrogens is 188 g/mol. The maximum atomic E-state index is 9.90. The average molecular weight is 204 g/mol. The molecule has 1 aromatic heterocycles. The second kappa shape index (κ2) is 4.04. The molecule has 2 rings (SSSR count). The van der Waals surface area contributed by atoms with Crippen LogP contribution in [0.3, 0.4) is 0 Å². The summed E-state index contributed by atoms with van der Waals surface area (Å²) in [5.74, 6) is 0. The Balaban J connectivity index is 2.48. The standard InChI is InChI=1S/C12H16N2O/c1-14-10-5-3-2-4-9(10)8-11(14)12(15)6-7-13/h2-5,8,12,15H,6-7,13H2,1H3/t12-/m0/s1. The molecule has 1 heterocycles. The number of aliphatic hydroxyl groups is 1. The molecule has 0 bridgehead atoms. The molecule has 0 aliphatic heterocycles. The molecule has 0 aliphatic carbocycles. The molecule has 0 amide bonds. The fourth-order valence-electron chi connectivity index (χ4n) is 1.94. The molecule has 0 saturated carbocycles. The first kappa shape index (κ1) is 10.2. The minimum absolute atomic E-state index is 0.465. The zero-order valence-electron chi connectivity index (χ0n) is 8.85. The first-order chi connectivity index (χ1) is 7.24. The van der Waals surface area contributed by atoms with Crippen molar-refractivity contribution in [1.82, 2.24) is 4.57 Å². The van der Waals surface area contributed by atoms with Crippen LogP contribution in [0.4, 0.5) is 0 Å². The molecule has 0 radical (unpaired) electrons. The van der Waals surface area contributed by atoms with Crippen LogP contribution < -0.4 is 5.73 Å². The van der Waals surface area contributed by atoms with Gasteiger partial charge in [-0.2, -0.15) is 0 Å². The number of para-hydroxylation sites is 1. The number of aromatic nitrogens is 1. The van der Waals surface area contributed by atoms with Crippen molar-refractivity contribution in [3.63, 3.8) is 0 Å². The van der Waals surface area contributed by atoms with Crippen LogP contribution in [0.1, 0.15) is 18.2 Å². The molecule has 2 aromatic rings. The van der Waals surface area contributed by atoms with Crippen LogP contribution in [0.25, 0.3) is 10.9 Å². The SMILES string of the molecule is Cn1c([C@@H](O)CCN)cc2ccccc21. The van der Waals surface area contributed by atoms with Gasteiger partial charge in [0.15, 0.2) is 0 Å². The summed E-state index contributed by atoms with van der Waals surface area (Å²) in [4.78, 5) is 0. The Hall–Kier alpha value is -1.32. The van der Waals surface area contributed by atoms with E-state index in [1.165, 1.54) is 0 Å². The highest BCUT2D eigenvalue weighted by Gasteiger charge is 2.12. The van der Waals surface area contributed by atoms with E-state index in [4.69, 9.17) is 5.73 Å². The van der Waals surface area contributed by atoms with Crippen LogP contribution >= 0.6 is 0 Å². The van der Waals surface area contributed by atoms with Crippen LogP contribution in [-0.2, 0) is 7.05 Å². The predicted octanol–water partition coefficient (Wildman–Crippen LogP) is 1.56. The minimum atomic E-state index is -0.465. The van der Waals surface area contributed by atoms with E-state index in [0.29, 0.717) is 13.0 Å². The molecule has 15 heavy (non-hydrogen) atoms. The normalized spacial score (nSPS) is 13.3. The zero-order valence-corrected chi connectivity index (χ0v) is 8.85. The number of aryl methyl sites for hydroxylation is 1. The lowest BCUT2D eigenvalue weighted by Gasteiger charge is -2.10. The number of hydrogen-bond donors (Lipinski definition) is 2. The van der Waals surface area contributed by atoms with Crippen LogP contribution in [0.5, 0.6) is 0 Å². The number of hydrogen-bond acceptors (Lipinski definition) is 2. The second-order valence-corrected chi connectivity index (χ2v) is 3.78. The maximum Gasteiger partial charge on any atom is 0.0952 e. The smallest absolute Gasteiger partial charge is 0.0952 e. The first-order valence-electron chi connectivity index (χ1n) is 5.16. The number of rotatable bonds is 3. The van der Waals surface area contributed by atoms with E-state index >= 15 is 0 Å². The monoisotopic (exact) mass is 204 g/mol. The summed E-state index contributed by atoms with van der Waals surface area (Å²) < 4.78 is 2.02. The largest absolute Gasteiger partial charge is 0.387 e. The van der Waals surface area contributed by atoms with Crippen LogP contribution in [0, 0.1) is 0 Å². The van der Waals surface area contributed by atoms with Gasteiger partial charge in [-0.25, -0.2) is 0 Å². The van der Waals surface area contributed by atoms with Gasteiger partial charge in [-0.15, -0.1) is 0 Å². The Bertz CT molecular complexity index is 462. The summed E-state index contributed by atoms with van der Waals surface area (Å²) in [5, 5.41) is 11.1. The van der Waals surface area contributed by atoms with Crippen molar-refractivity contribution in [3.05, 3.63) is 36.0 Å². The molecule has 0 unspecified atom stereocenters. The molecule has 0 aliphatic rings. The van der Waals surface area contributed by atoms with Gasteiger partial charge in [-0.3, -0.25) is 0 Å². The highest BCUT2D eigenvalue weighted by molar-refractivity contribution is 5.81. The molecular formula is C12H16N2O. The highest BCUT2D eigenvalue weighted by atomic mass is 16.3. The quantitative estimate of drug-likeness (QED) is 0.797. The Morgan fingerprint density at radius 2 is 2.13 bits per heavy atom. The van der Waals surface area contributed by atoms with Crippen molar-refractivity contribution in [2.24, 2.45) is 12.8 Å². The number of aliphatic hydroxyl groups excluding tert-OH is 1. The lowest BCUT2D eigenvalue weighted by Crippen LogP contribution is -2.09. The molecule has 3 nitrogen and oxygen atoms in total. The lowest BCUT2D eigenvalue weighted by atomic mass is 10.2. The Morgan fingerprint density at radius 3 is 2.80 bits per heavy atom. The third kappa shape index (κ3) is 1.76. The van der Waals surface area contributed by atoms with Gasteiger partial charge in [0, 0.05) is 18.3 Å². The Labute approximate surface area is 89.1 Å². The predicted molar refractivity (Wildman–Crippen MR) is 61.6 cm³/mol. The first-order valence-corrected chi connectivity index (χ1v) is 5.16. The van der Waals surface area contributed by atoms with Crippen LogP contribution in [0.15, 0.2) is 30.3 Å². The van der Waals surface area contributed by atoms with E-state index in [0.717, 1.165) is 16.6 Å². The summed E-state index contributed by atoms with van der Waals surface area (Å²) in [7, 11) is 1.97. The second-order valence-electron chi connectivity index (χ2n) is 3.78. The Kier molecular flexibility index (Phi) is 2.75.